The average Bonchev–Trinajstić information content (AvgIpc) is 2.47. The van der Waals surface area contributed by atoms with Crippen LogP contribution in [0, 0.1) is 21.4 Å². The van der Waals surface area contributed by atoms with Crippen LogP contribution in [0.25, 0.3) is 0 Å². The molecule has 0 spiro atoms. The first kappa shape index (κ1) is 14.2. The molecule has 0 amide bonds. The molecule has 2 aromatic rings. The molecule has 0 unspecified atom stereocenters. The number of nitriles is 1. The number of carbonyl (C=O) groups is 1. The van der Waals surface area contributed by atoms with Crippen molar-refractivity contribution < 1.29 is 9.72 Å². The normalized spacial score (nSPS) is 9.71. The zero-order valence-corrected chi connectivity index (χ0v) is 11.2. The third-order valence-corrected chi connectivity index (χ3v) is 2.87. The SMILES string of the molecule is CC(=O)c1cccc(Nc2ccc(C#N)cc2[N+](=O)[O-])c1. The smallest absolute Gasteiger partial charge is 0.293 e. The van der Waals surface area contributed by atoms with Crippen LogP contribution in [-0.2, 0) is 0 Å². The van der Waals surface area contributed by atoms with E-state index in [-0.39, 0.29) is 22.7 Å². The van der Waals surface area contributed by atoms with Crippen molar-refractivity contribution in [2.24, 2.45) is 0 Å². The molecule has 0 radical (unpaired) electrons. The van der Waals surface area contributed by atoms with E-state index in [1.807, 2.05) is 6.07 Å². The first-order valence-corrected chi connectivity index (χ1v) is 6.08. The fourth-order valence-corrected chi connectivity index (χ4v) is 1.83. The van der Waals surface area contributed by atoms with Crippen LogP contribution in [0.4, 0.5) is 17.1 Å². The highest BCUT2D eigenvalue weighted by molar-refractivity contribution is 5.95. The van der Waals surface area contributed by atoms with Gasteiger partial charge in [-0.2, -0.15) is 5.26 Å². The molecule has 0 atom stereocenters. The maximum absolute atomic E-state index is 11.3. The Bertz CT molecular complexity index is 763. The summed E-state index contributed by atoms with van der Waals surface area (Å²) >= 11 is 0. The second-order valence-corrected chi connectivity index (χ2v) is 4.36. The summed E-state index contributed by atoms with van der Waals surface area (Å²) < 4.78 is 0. The Morgan fingerprint density at radius 3 is 2.67 bits per heavy atom. The van der Waals surface area contributed by atoms with Crippen molar-refractivity contribution in [1.82, 2.24) is 0 Å². The summed E-state index contributed by atoms with van der Waals surface area (Å²) in [6, 6.07) is 12.7. The molecule has 2 aromatic carbocycles. The van der Waals surface area contributed by atoms with Gasteiger partial charge in [0.05, 0.1) is 16.6 Å². The van der Waals surface area contributed by atoms with Gasteiger partial charge in [0.15, 0.2) is 5.78 Å². The van der Waals surface area contributed by atoms with Crippen molar-refractivity contribution in [3.63, 3.8) is 0 Å². The lowest BCUT2D eigenvalue weighted by Gasteiger charge is -2.08. The van der Waals surface area contributed by atoms with Crippen LogP contribution in [0.1, 0.15) is 22.8 Å². The van der Waals surface area contributed by atoms with Crippen LogP contribution in [0.3, 0.4) is 0 Å². The summed E-state index contributed by atoms with van der Waals surface area (Å²) in [5.74, 6) is -0.0898. The monoisotopic (exact) mass is 281 g/mol. The molecule has 6 nitrogen and oxygen atoms in total. The molecular formula is C15H11N3O3. The summed E-state index contributed by atoms with van der Waals surface area (Å²) in [5.41, 5.74) is 1.36. The minimum atomic E-state index is -0.558. The van der Waals surface area contributed by atoms with Crippen LogP contribution in [0.2, 0.25) is 0 Å². The maximum atomic E-state index is 11.3. The maximum Gasteiger partial charge on any atom is 0.293 e. The summed E-state index contributed by atoms with van der Waals surface area (Å²) in [4.78, 5) is 21.8. The number of rotatable bonds is 4. The van der Waals surface area contributed by atoms with Crippen molar-refractivity contribution in [3.8, 4) is 6.07 Å². The second kappa shape index (κ2) is 5.84. The number of carbonyl (C=O) groups excluding carboxylic acids is 1. The molecule has 0 fully saturated rings. The highest BCUT2D eigenvalue weighted by Crippen LogP contribution is 2.28. The van der Waals surface area contributed by atoms with Crippen molar-refractivity contribution >= 4 is 22.8 Å². The molecule has 0 aromatic heterocycles. The van der Waals surface area contributed by atoms with Crippen molar-refractivity contribution in [3.05, 3.63) is 63.7 Å². The van der Waals surface area contributed by atoms with E-state index in [0.717, 1.165) is 0 Å². The minimum Gasteiger partial charge on any atom is -0.350 e. The third kappa shape index (κ3) is 3.22. The number of nitro benzene ring substituents is 1. The Kier molecular flexibility index (Phi) is 3.95. The quantitative estimate of drug-likeness (QED) is 0.526. The van der Waals surface area contributed by atoms with E-state index < -0.39 is 4.92 Å². The van der Waals surface area contributed by atoms with Crippen LogP contribution >= 0.6 is 0 Å². The van der Waals surface area contributed by atoms with E-state index in [9.17, 15) is 14.9 Å². The van der Waals surface area contributed by atoms with Gasteiger partial charge in [0.2, 0.25) is 0 Å². The van der Waals surface area contributed by atoms with E-state index >= 15 is 0 Å². The van der Waals surface area contributed by atoms with E-state index in [1.54, 1.807) is 24.3 Å². The molecular weight excluding hydrogens is 270 g/mol. The lowest BCUT2D eigenvalue weighted by molar-refractivity contribution is -0.383. The molecule has 0 bridgehead atoms. The molecule has 21 heavy (non-hydrogen) atoms. The Labute approximate surface area is 120 Å². The van der Waals surface area contributed by atoms with Gasteiger partial charge in [0.1, 0.15) is 5.69 Å². The predicted octanol–water partition coefficient (Wildman–Crippen LogP) is 3.41. The fraction of sp³-hybridized carbons (Fsp3) is 0.0667. The Balaban J connectivity index is 2.40. The van der Waals surface area contributed by atoms with Gasteiger partial charge < -0.3 is 5.32 Å². The molecule has 0 aliphatic carbocycles. The first-order chi connectivity index (χ1) is 10.0. The molecule has 0 saturated carbocycles. The molecule has 0 heterocycles. The van der Waals surface area contributed by atoms with Gasteiger partial charge in [-0.25, -0.2) is 0 Å². The average molecular weight is 281 g/mol. The van der Waals surface area contributed by atoms with Gasteiger partial charge in [0.25, 0.3) is 5.69 Å². The van der Waals surface area contributed by atoms with E-state index in [4.69, 9.17) is 5.26 Å². The number of benzene rings is 2. The van der Waals surface area contributed by atoms with Gasteiger partial charge in [0, 0.05) is 17.3 Å². The highest BCUT2D eigenvalue weighted by atomic mass is 16.6. The number of nitro groups is 1. The highest BCUT2D eigenvalue weighted by Gasteiger charge is 2.15. The molecule has 0 aliphatic heterocycles. The standard InChI is InChI=1S/C15H11N3O3/c1-10(19)12-3-2-4-13(8-12)17-14-6-5-11(9-16)7-15(14)18(20)21/h2-8,17H,1H3. The number of nitrogens with zero attached hydrogens (tertiary/aromatic N) is 2. The number of hydrogen-bond acceptors (Lipinski definition) is 5. The topological polar surface area (TPSA) is 96.0 Å². The lowest BCUT2D eigenvalue weighted by atomic mass is 10.1. The number of Topliss-reactive ketones (excluding diaryl/α,β-unsaturated/α-hetero) is 1. The Hall–Kier alpha value is -3.20. The van der Waals surface area contributed by atoms with Gasteiger partial charge >= 0.3 is 0 Å². The molecule has 6 heteroatoms. The predicted molar refractivity (Wildman–Crippen MR) is 77.5 cm³/mol. The molecule has 2 rings (SSSR count). The largest absolute Gasteiger partial charge is 0.350 e. The third-order valence-electron chi connectivity index (χ3n) is 2.87. The van der Waals surface area contributed by atoms with Crippen molar-refractivity contribution in [1.29, 1.82) is 5.26 Å². The zero-order valence-electron chi connectivity index (χ0n) is 11.2. The first-order valence-electron chi connectivity index (χ1n) is 6.08. The Morgan fingerprint density at radius 2 is 2.05 bits per heavy atom. The van der Waals surface area contributed by atoms with Gasteiger partial charge in [-0.3, -0.25) is 14.9 Å². The van der Waals surface area contributed by atoms with Crippen LogP contribution in [-0.4, -0.2) is 10.7 Å². The summed E-state index contributed by atoms with van der Waals surface area (Å²) in [5, 5.41) is 22.7. The molecule has 0 saturated heterocycles. The molecule has 1 N–H and O–H groups in total. The van der Waals surface area contributed by atoms with Crippen LogP contribution in [0.15, 0.2) is 42.5 Å². The van der Waals surface area contributed by atoms with Gasteiger partial charge in [-0.05, 0) is 31.2 Å². The molecule has 0 aliphatic rings. The number of anilines is 2. The van der Waals surface area contributed by atoms with Gasteiger partial charge in [-0.1, -0.05) is 12.1 Å². The van der Waals surface area contributed by atoms with E-state index in [2.05, 4.69) is 5.32 Å². The van der Waals surface area contributed by atoms with E-state index in [1.165, 1.54) is 25.1 Å². The lowest BCUT2D eigenvalue weighted by Crippen LogP contribution is -1.99. The van der Waals surface area contributed by atoms with Gasteiger partial charge in [-0.15, -0.1) is 0 Å². The minimum absolute atomic E-state index is 0.0898. The number of ketones is 1. The van der Waals surface area contributed by atoms with Crippen molar-refractivity contribution in [2.75, 3.05) is 5.32 Å². The Morgan fingerprint density at radius 1 is 1.29 bits per heavy atom. The zero-order chi connectivity index (χ0) is 15.4. The summed E-state index contributed by atoms with van der Waals surface area (Å²) in [6.07, 6.45) is 0. The van der Waals surface area contributed by atoms with Crippen molar-refractivity contribution in [2.45, 2.75) is 6.92 Å². The second-order valence-electron chi connectivity index (χ2n) is 4.36. The summed E-state index contributed by atoms with van der Waals surface area (Å²) in [7, 11) is 0. The number of nitrogens with one attached hydrogen (secondary N) is 1. The molecule has 104 valence electrons. The van der Waals surface area contributed by atoms with Crippen LogP contribution in [0.5, 0.6) is 0 Å². The fourth-order valence-electron chi connectivity index (χ4n) is 1.83. The number of hydrogen-bond donors (Lipinski definition) is 1. The van der Waals surface area contributed by atoms with E-state index in [0.29, 0.717) is 11.3 Å². The van der Waals surface area contributed by atoms with Crippen LogP contribution < -0.4 is 5.32 Å². The summed E-state index contributed by atoms with van der Waals surface area (Å²) in [6.45, 7) is 1.45.